The maximum atomic E-state index is 8.82. The van der Waals surface area contributed by atoms with Crippen LogP contribution in [0.2, 0.25) is 0 Å². The van der Waals surface area contributed by atoms with Gasteiger partial charge in [-0.1, -0.05) is 11.6 Å². The summed E-state index contributed by atoms with van der Waals surface area (Å²) in [5.41, 5.74) is 5.76. The summed E-state index contributed by atoms with van der Waals surface area (Å²) in [5, 5.41) is 12.0. The Morgan fingerprint density at radius 1 is 1.56 bits per heavy atom. The van der Waals surface area contributed by atoms with Crippen LogP contribution in [0.3, 0.4) is 0 Å². The van der Waals surface area contributed by atoms with Gasteiger partial charge in [-0.15, -0.1) is 0 Å². The van der Waals surface area contributed by atoms with E-state index in [-0.39, 0.29) is 6.04 Å². The SMILES string of the molecule is Cc1nccn1CCN1CCCCC1C(N)=NO. The van der Waals surface area contributed by atoms with E-state index in [1.165, 1.54) is 6.42 Å². The fourth-order valence-electron chi connectivity index (χ4n) is 2.54. The van der Waals surface area contributed by atoms with Gasteiger partial charge in [0.2, 0.25) is 0 Å². The summed E-state index contributed by atoms with van der Waals surface area (Å²) in [7, 11) is 0. The van der Waals surface area contributed by atoms with Crippen LogP contribution in [-0.4, -0.2) is 44.6 Å². The predicted molar refractivity (Wildman–Crippen MR) is 69.6 cm³/mol. The van der Waals surface area contributed by atoms with Gasteiger partial charge in [-0.3, -0.25) is 4.90 Å². The molecule has 0 bridgehead atoms. The first-order valence-corrected chi connectivity index (χ1v) is 6.41. The first-order chi connectivity index (χ1) is 8.72. The number of nitrogens with two attached hydrogens (primary N) is 1. The highest BCUT2D eigenvalue weighted by molar-refractivity contribution is 5.85. The second-order valence-electron chi connectivity index (χ2n) is 4.74. The summed E-state index contributed by atoms with van der Waals surface area (Å²) in [4.78, 5) is 6.50. The minimum absolute atomic E-state index is 0.0765. The summed E-state index contributed by atoms with van der Waals surface area (Å²) >= 11 is 0. The third kappa shape index (κ3) is 2.81. The highest BCUT2D eigenvalue weighted by atomic mass is 16.4. The molecule has 100 valence electrons. The normalized spacial score (nSPS) is 22.3. The van der Waals surface area contributed by atoms with Crippen molar-refractivity contribution in [2.75, 3.05) is 13.1 Å². The van der Waals surface area contributed by atoms with E-state index in [1.807, 2.05) is 19.3 Å². The van der Waals surface area contributed by atoms with Crippen molar-refractivity contribution in [1.29, 1.82) is 0 Å². The zero-order chi connectivity index (χ0) is 13.0. The molecule has 1 aliphatic heterocycles. The lowest BCUT2D eigenvalue weighted by atomic mass is 10.0. The molecule has 1 unspecified atom stereocenters. The second-order valence-corrected chi connectivity index (χ2v) is 4.74. The van der Waals surface area contributed by atoms with E-state index in [2.05, 4.69) is 19.6 Å². The van der Waals surface area contributed by atoms with E-state index >= 15 is 0 Å². The quantitative estimate of drug-likeness (QED) is 0.359. The van der Waals surface area contributed by atoms with Gasteiger partial charge in [-0.25, -0.2) is 4.98 Å². The Bertz CT molecular complexity index is 414. The van der Waals surface area contributed by atoms with Crippen LogP contribution in [0, 0.1) is 6.92 Å². The maximum Gasteiger partial charge on any atom is 0.156 e. The van der Waals surface area contributed by atoms with Crippen molar-refractivity contribution in [2.24, 2.45) is 10.9 Å². The Balaban J connectivity index is 1.96. The first-order valence-electron chi connectivity index (χ1n) is 6.41. The molecular formula is C12H21N5O. The molecule has 6 heteroatoms. The lowest BCUT2D eigenvalue weighted by Gasteiger charge is -2.34. The molecule has 1 saturated heterocycles. The number of aromatic nitrogens is 2. The molecule has 0 aromatic carbocycles. The Morgan fingerprint density at radius 3 is 3.06 bits per heavy atom. The average molecular weight is 251 g/mol. The van der Waals surface area contributed by atoms with Crippen LogP contribution in [-0.2, 0) is 6.54 Å². The Morgan fingerprint density at radius 2 is 2.39 bits per heavy atom. The van der Waals surface area contributed by atoms with Crippen LogP contribution in [0.15, 0.2) is 17.5 Å². The van der Waals surface area contributed by atoms with E-state index in [0.717, 1.165) is 38.3 Å². The monoisotopic (exact) mass is 251 g/mol. The largest absolute Gasteiger partial charge is 0.409 e. The molecule has 1 aromatic rings. The molecule has 1 atom stereocenters. The number of hydrogen-bond donors (Lipinski definition) is 2. The van der Waals surface area contributed by atoms with Crippen molar-refractivity contribution in [3.05, 3.63) is 18.2 Å². The first kappa shape index (κ1) is 12.9. The van der Waals surface area contributed by atoms with Crippen molar-refractivity contribution in [3.8, 4) is 0 Å². The van der Waals surface area contributed by atoms with E-state index in [9.17, 15) is 0 Å². The molecule has 0 saturated carbocycles. The summed E-state index contributed by atoms with van der Waals surface area (Å²) < 4.78 is 2.12. The van der Waals surface area contributed by atoms with E-state index in [0.29, 0.717) is 5.84 Å². The molecule has 1 aromatic heterocycles. The van der Waals surface area contributed by atoms with Crippen molar-refractivity contribution in [2.45, 2.75) is 38.8 Å². The summed E-state index contributed by atoms with van der Waals surface area (Å²) in [5.74, 6) is 1.35. The van der Waals surface area contributed by atoms with Gasteiger partial charge in [0.15, 0.2) is 5.84 Å². The van der Waals surface area contributed by atoms with Gasteiger partial charge in [0.1, 0.15) is 5.82 Å². The third-order valence-electron chi connectivity index (χ3n) is 3.62. The van der Waals surface area contributed by atoms with Gasteiger partial charge in [0.05, 0.1) is 6.04 Å². The van der Waals surface area contributed by atoms with Gasteiger partial charge in [-0.05, 0) is 26.3 Å². The summed E-state index contributed by atoms with van der Waals surface area (Å²) in [6.45, 7) is 4.80. The second kappa shape index (κ2) is 5.86. The number of aryl methyl sites for hydroxylation is 1. The van der Waals surface area contributed by atoms with E-state index < -0.39 is 0 Å². The molecule has 2 heterocycles. The van der Waals surface area contributed by atoms with Gasteiger partial charge < -0.3 is 15.5 Å². The zero-order valence-electron chi connectivity index (χ0n) is 10.8. The molecule has 18 heavy (non-hydrogen) atoms. The smallest absolute Gasteiger partial charge is 0.156 e. The predicted octanol–water partition coefficient (Wildman–Crippen LogP) is 0.792. The van der Waals surface area contributed by atoms with Crippen LogP contribution in [0.1, 0.15) is 25.1 Å². The molecule has 0 spiro atoms. The van der Waals surface area contributed by atoms with Crippen LogP contribution in [0.4, 0.5) is 0 Å². The number of likely N-dealkylation sites (tertiary alicyclic amines) is 1. The number of amidine groups is 1. The summed E-state index contributed by atoms with van der Waals surface area (Å²) in [6.07, 6.45) is 7.09. The van der Waals surface area contributed by atoms with Crippen LogP contribution < -0.4 is 5.73 Å². The molecule has 2 rings (SSSR count). The lowest BCUT2D eigenvalue weighted by molar-refractivity contribution is 0.179. The van der Waals surface area contributed by atoms with Crippen molar-refractivity contribution < 1.29 is 5.21 Å². The zero-order valence-corrected chi connectivity index (χ0v) is 10.8. The van der Waals surface area contributed by atoms with Crippen molar-refractivity contribution >= 4 is 5.84 Å². The summed E-state index contributed by atoms with van der Waals surface area (Å²) in [6, 6.07) is 0.0765. The standard InChI is InChI=1S/C12H21N5O/c1-10-14-5-7-16(10)8-9-17-6-3-2-4-11(17)12(13)15-18/h5,7,11,18H,2-4,6,8-9H2,1H3,(H2,13,15). The number of rotatable bonds is 4. The minimum Gasteiger partial charge on any atom is -0.409 e. The number of hydrogen-bond acceptors (Lipinski definition) is 4. The molecule has 0 amide bonds. The molecule has 1 fully saturated rings. The lowest BCUT2D eigenvalue weighted by Crippen LogP contribution is -2.48. The van der Waals surface area contributed by atoms with E-state index in [4.69, 9.17) is 10.9 Å². The molecule has 3 N–H and O–H groups in total. The Labute approximate surface area is 107 Å². The highest BCUT2D eigenvalue weighted by Crippen LogP contribution is 2.17. The maximum absolute atomic E-state index is 8.82. The van der Waals surface area contributed by atoms with Gasteiger partial charge in [0.25, 0.3) is 0 Å². The van der Waals surface area contributed by atoms with Gasteiger partial charge in [0, 0.05) is 25.5 Å². The fraction of sp³-hybridized carbons (Fsp3) is 0.667. The van der Waals surface area contributed by atoms with Crippen LogP contribution >= 0.6 is 0 Å². The van der Waals surface area contributed by atoms with Crippen molar-refractivity contribution in [1.82, 2.24) is 14.5 Å². The minimum atomic E-state index is 0.0765. The molecule has 1 aliphatic rings. The Hall–Kier alpha value is -1.56. The number of oxime groups is 1. The molecule has 0 aliphatic carbocycles. The fourth-order valence-corrected chi connectivity index (χ4v) is 2.54. The highest BCUT2D eigenvalue weighted by Gasteiger charge is 2.25. The van der Waals surface area contributed by atoms with E-state index in [1.54, 1.807) is 0 Å². The molecular weight excluding hydrogens is 230 g/mol. The average Bonchev–Trinajstić information content (AvgIpc) is 2.81. The third-order valence-corrected chi connectivity index (χ3v) is 3.62. The van der Waals surface area contributed by atoms with Crippen LogP contribution in [0.5, 0.6) is 0 Å². The molecule has 6 nitrogen and oxygen atoms in total. The molecule has 0 radical (unpaired) electrons. The number of nitrogens with zero attached hydrogens (tertiary/aromatic N) is 4. The number of piperidine rings is 1. The van der Waals surface area contributed by atoms with Gasteiger partial charge >= 0.3 is 0 Å². The van der Waals surface area contributed by atoms with Gasteiger partial charge in [-0.2, -0.15) is 0 Å². The van der Waals surface area contributed by atoms with Crippen LogP contribution in [0.25, 0.3) is 0 Å². The topological polar surface area (TPSA) is 79.7 Å². The Kier molecular flexibility index (Phi) is 4.19. The number of imidazole rings is 1. The van der Waals surface area contributed by atoms with Crippen molar-refractivity contribution in [3.63, 3.8) is 0 Å².